The second-order valence-corrected chi connectivity index (χ2v) is 17.0. The van der Waals surface area contributed by atoms with Gasteiger partial charge in [0, 0.05) is 5.97 Å². The minimum Gasteiger partial charge on any atom is -0.550 e. The first-order chi connectivity index (χ1) is 21.4. The molecule has 5 nitrogen and oxygen atoms in total. The maximum Gasteiger partial charge on any atom is 0.0786 e. The van der Waals surface area contributed by atoms with Gasteiger partial charge in [-0.15, -0.1) is 0 Å². The van der Waals surface area contributed by atoms with Gasteiger partial charge in [-0.3, -0.25) is 0 Å². The molecule has 10 atom stereocenters. The van der Waals surface area contributed by atoms with Crippen molar-refractivity contribution in [1.29, 1.82) is 0 Å². The number of unbranched alkanes of at least 4 members (excludes halogenated alkanes) is 4. The summed E-state index contributed by atoms with van der Waals surface area (Å²) in [5, 5.41) is 32.4. The average molecular weight is 634 g/mol. The van der Waals surface area contributed by atoms with Gasteiger partial charge >= 0.3 is 0 Å². The lowest BCUT2D eigenvalue weighted by Gasteiger charge is -2.62. The minimum absolute atomic E-state index is 0.162. The van der Waals surface area contributed by atoms with Crippen LogP contribution < -0.4 is 5.11 Å². The number of carboxylic acids is 1. The number of fused-ring (bicyclic) bond motifs is 5. The smallest absolute Gasteiger partial charge is 0.0786 e. The molecule has 0 amide bonds. The van der Waals surface area contributed by atoms with Gasteiger partial charge in [0.05, 0.1) is 38.4 Å². The summed E-state index contributed by atoms with van der Waals surface area (Å²) in [4.78, 5) is 10.9. The molecule has 0 aromatic carbocycles. The molecule has 4 fully saturated rings. The zero-order valence-electron chi connectivity index (χ0n) is 30.8. The SMILES string of the molecule is CCCC[N+](CCCC)(CCCC)CCCC.C[C@H](CCC(=O)[O-])[C@H]1CCC2C3C(CC[C@@]21C)[C@@]1(C)CC[C@@H](O)CC1C[C@H]3O. The highest BCUT2D eigenvalue weighted by atomic mass is 16.4. The third-order valence-corrected chi connectivity index (χ3v) is 14.2. The lowest BCUT2D eigenvalue weighted by molar-refractivity contribution is -0.929. The van der Waals surface area contributed by atoms with Crippen molar-refractivity contribution in [2.45, 2.75) is 176 Å². The fourth-order valence-electron chi connectivity index (χ4n) is 11.4. The summed E-state index contributed by atoms with van der Waals surface area (Å²) in [6.07, 6.45) is 20.0. The normalized spacial score (nSPS) is 36.7. The summed E-state index contributed by atoms with van der Waals surface area (Å²) in [5.74, 6) is 1.99. The zero-order valence-corrected chi connectivity index (χ0v) is 30.8. The molecule has 0 heterocycles. The molecule has 264 valence electrons. The molecule has 2 N–H and O–H groups in total. The molecule has 4 saturated carbocycles. The number of aliphatic hydroxyl groups is 2. The maximum atomic E-state index is 11.2. The summed E-state index contributed by atoms with van der Waals surface area (Å²) in [6, 6.07) is 0. The lowest BCUT2D eigenvalue weighted by atomic mass is 9.43. The van der Waals surface area contributed by atoms with Gasteiger partial charge in [0.1, 0.15) is 0 Å². The Morgan fingerprint density at radius 3 is 1.80 bits per heavy atom. The van der Waals surface area contributed by atoms with E-state index in [1.165, 1.54) is 108 Å². The van der Waals surface area contributed by atoms with Gasteiger partial charge in [-0.2, -0.15) is 0 Å². The standard InChI is InChI=1S/C24H40O4.C16H36N/c1-14(4-7-21(27)28)17-5-6-18-22-19(9-11-24(17,18)3)23(2)10-8-16(25)12-15(23)13-20(22)26;1-5-9-13-17(14-10-6-2,15-11-7-3)16-12-8-4/h14-20,22,25-26H,4-13H2,1-3H3,(H,27,28);5-16H2,1-4H3/q;+1/p-1/t14-,15?,16-,17-,18?,19?,20-,22?,23+,24-;/m1./s1. The number of hydrogen-bond acceptors (Lipinski definition) is 4. The average Bonchev–Trinajstić information content (AvgIpc) is 3.37. The number of quaternary nitrogens is 1. The predicted octanol–water partition coefficient (Wildman–Crippen LogP) is 8.15. The van der Waals surface area contributed by atoms with Gasteiger partial charge in [0.25, 0.3) is 0 Å². The number of carboxylic acid groups (broad SMARTS) is 1. The number of hydrogen-bond donors (Lipinski definition) is 2. The third kappa shape index (κ3) is 9.28. The van der Waals surface area contributed by atoms with E-state index in [9.17, 15) is 20.1 Å². The van der Waals surface area contributed by atoms with Gasteiger partial charge in [-0.05, 0) is 136 Å². The summed E-state index contributed by atoms with van der Waals surface area (Å²) in [6.45, 7) is 22.1. The number of carbonyl (C=O) groups excluding carboxylic acids is 1. The van der Waals surface area contributed by atoms with Crippen molar-refractivity contribution in [1.82, 2.24) is 0 Å². The van der Waals surface area contributed by atoms with Crippen molar-refractivity contribution in [2.24, 2.45) is 46.3 Å². The van der Waals surface area contributed by atoms with Crippen LogP contribution in [0.3, 0.4) is 0 Å². The molecule has 0 aromatic rings. The van der Waals surface area contributed by atoms with E-state index in [0.717, 1.165) is 25.7 Å². The number of aliphatic carboxylic acids is 1. The number of rotatable bonds is 16. The molecule has 0 aliphatic heterocycles. The monoisotopic (exact) mass is 634 g/mol. The quantitative estimate of drug-likeness (QED) is 0.168. The Balaban J connectivity index is 0.000000281. The van der Waals surface area contributed by atoms with E-state index in [1.54, 1.807) is 0 Å². The van der Waals surface area contributed by atoms with Gasteiger partial charge in [-0.1, -0.05) is 74.1 Å². The predicted molar refractivity (Wildman–Crippen MR) is 185 cm³/mol. The van der Waals surface area contributed by atoms with Crippen LogP contribution in [0.15, 0.2) is 0 Å². The first-order valence-electron chi connectivity index (χ1n) is 19.8. The van der Waals surface area contributed by atoms with E-state index in [1.807, 2.05) is 0 Å². The highest BCUT2D eigenvalue weighted by molar-refractivity contribution is 5.64. The Kier molecular flexibility index (Phi) is 15.2. The van der Waals surface area contributed by atoms with Crippen molar-refractivity contribution in [3.05, 3.63) is 0 Å². The fourth-order valence-corrected chi connectivity index (χ4v) is 11.4. The van der Waals surface area contributed by atoms with Crippen molar-refractivity contribution < 1.29 is 24.6 Å². The van der Waals surface area contributed by atoms with Crippen molar-refractivity contribution in [3.8, 4) is 0 Å². The van der Waals surface area contributed by atoms with E-state index >= 15 is 0 Å². The second kappa shape index (κ2) is 17.7. The van der Waals surface area contributed by atoms with E-state index < -0.39 is 5.97 Å². The molecule has 4 aliphatic rings. The Hall–Kier alpha value is -0.650. The molecule has 4 aliphatic carbocycles. The fraction of sp³-hybridized carbons (Fsp3) is 0.975. The largest absolute Gasteiger partial charge is 0.550 e. The zero-order chi connectivity index (χ0) is 33.3. The van der Waals surface area contributed by atoms with Gasteiger partial charge < -0.3 is 24.6 Å². The van der Waals surface area contributed by atoms with Crippen LogP contribution in [0.2, 0.25) is 0 Å². The molecular formula is C40H75NO4. The van der Waals surface area contributed by atoms with Crippen molar-refractivity contribution in [2.75, 3.05) is 26.2 Å². The molecule has 0 spiro atoms. The molecule has 45 heavy (non-hydrogen) atoms. The van der Waals surface area contributed by atoms with Crippen LogP contribution in [0.1, 0.15) is 164 Å². The Labute approximate surface area is 278 Å². The second-order valence-electron chi connectivity index (χ2n) is 17.0. The molecule has 0 bridgehead atoms. The van der Waals surface area contributed by atoms with E-state index in [0.29, 0.717) is 41.9 Å². The van der Waals surface area contributed by atoms with Gasteiger partial charge in [0.2, 0.25) is 0 Å². The highest BCUT2D eigenvalue weighted by Crippen LogP contribution is 2.68. The number of carbonyl (C=O) groups is 1. The molecule has 4 unspecified atom stereocenters. The maximum absolute atomic E-state index is 11.2. The van der Waals surface area contributed by atoms with Crippen LogP contribution in [-0.4, -0.2) is 59.1 Å². The number of aliphatic hydroxyl groups excluding tert-OH is 2. The van der Waals surface area contributed by atoms with E-state index in [2.05, 4.69) is 48.5 Å². The molecule has 0 radical (unpaired) electrons. The van der Waals surface area contributed by atoms with E-state index in [-0.39, 0.29) is 29.5 Å². The Morgan fingerprint density at radius 1 is 0.778 bits per heavy atom. The van der Waals surface area contributed by atoms with Crippen molar-refractivity contribution >= 4 is 5.97 Å². The van der Waals surface area contributed by atoms with Crippen LogP contribution in [0, 0.1) is 46.3 Å². The molecule has 5 heteroatoms. The van der Waals surface area contributed by atoms with Crippen LogP contribution >= 0.6 is 0 Å². The topological polar surface area (TPSA) is 80.6 Å². The van der Waals surface area contributed by atoms with Crippen LogP contribution in [0.4, 0.5) is 0 Å². The minimum atomic E-state index is -0.934. The third-order valence-electron chi connectivity index (χ3n) is 14.2. The Bertz CT molecular complexity index is 841. The van der Waals surface area contributed by atoms with Crippen LogP contribution in [-0.2, 0) is 4.79 Å². The Morgan fingerprint density at radius 2 is 1.29 bits per heavy atom. The molecular weight excluding hydrogens is 558 g/mol. The summed E-state index contributed by atoms with van der Waals surface area (Å²) in [7, 11) is 0. The first kappa shape index (κ1) is 38.8. The lowest BCUT2D eigenvalue weighted by Crippen LogP contribution is -2.58. The number of nitrogens with zero attached hydrogens (tertiary/aromatic N) is 1. The highest BCUT2D eigenvalue weighted by Gasteiger charge is 2.62. The van der Waals surface area contributed by atoms with Gasteiger partial charge in [-0.25, -0.2) is 0 Å². The van der Waals surface area contributed by atoms with Gasteiger partial charge in [0.15, 0.2) is 0 Å². The first-order valence-corrected chi connectivity index (χ1v) is 19.8. The summed E-state index contributed by atoms with van der Waals surface area (Å²) < 4.78 is 1.42. The van der Waals surface area contributed by atoms with Crippen LogP contribution in [0.5, 0.6) is 0 Å². The molecule has 0 aromatic heterocycles. The van der Waals surface area contributed by atoms with E-state index in [4.69, 9.17) is 0 Å². The molecule has 4 rings (SSSR count). The molecule has 0 saturated heterocycles. The summed E-state index contributed by atoms with van der Waals surface area (Å²) >= 11 is 0. The van der Waals surface area contributed by atoms with Crippen molar-refractivity contribution in [3.63, 3.8) is 0 Å². The summed E-state index contributed by atoms with van der Waals surface area (Å²) in [5.41, 5.74) is 0.494. The van der Waals surface area contributed by atoms with Crippen LogP contribution in [0.25, 0.3) is 0 Å².